The molecule has 1 aromatic carbocycles. The van der Waals surface area contributed by atoms with Crippen molar-refractivity contribution in [3.63, 3.8) is 0 Å². The van der Waals surface area contributed by atoms with Gasteiger partial charge in [0.25, 0.3) is 0 Å². The molecule has 0 saturated carbocycles. The van der Waals surface area contributed by atoms with Crippen LogP contribution in [0.25, 0.3) is 0 Å². The van der Waals surface area contributed by atoms with Gasteiger partial charge >= 0.3 is 0 Å². The van der Waals surface area contributed by atoms with E-state index in [2.05, 4.69) is 5.16 Å². The highest BCUT2D eigenvalue weighted by Gasteiger charge is 2.30. The van der Waals surface area contributed by atoms with Crippen LogP contribution in [0.3, 0.4) is 0 Å². The van der Waals surface area contributed by atoms with Gasteiger partial charge < -0.3 is 9.57 Å². The standard InChI is InChI=1S/C11H13NO2/c1-8-10(12-14-11(8)13-2)9-6-4-3-5-7-9/h3-8,11H,1-2H3. The van der Waals surface area contributed by atoms with Crippen LogP contribution in [0.1, 0.15) is 12.5 Å². The van der Waals surface area contributed by atoms with Gasteiger partial charge in [0.15, 0.2) is 0 Å². The summed E-state index contributed by atoms with van der Waals surface area (Å²) >= 11 is 0. The fourth-order valence-electron chi connectivity index (χ4n) is 1.58. The van der Waals surface area contributed by atoms with E-state index in [1.54, 1.807) is 7.11 Å². The van der Waals surface area contributed by atoms with Crippen molar-refractivity contribution in [1.82, 2.24) is 0 Å². The predicted molar refractivity (Wildman–Crippen MR) is 54.0 cm³/mol. The molecule has 2 atom stereocenters. The van der Waals surface area contributed by atoms with Gasteiger partial charge in [-0.1, -0.05) is 42.4 Å². The first kappa shape index (κ1) is 9.21. The Morgan fingerprint density at radius 3 is 2.57 bits per heavy atom. The van der Waals surface area contributed by atoms with Crippen LogP contribution >= 0.6 is 0 Å². The summed E-state index contributed by atoms with van der Waals surface area (Å²) in [6.45, 7) is 2.05. The average molecular weight is 191 g/mol. The maximum atomic E-state index is 5.15. The van der Waals surface area contributed by atoms with Crippen LogP contribution in [-0.2, 0) is 9.57 Å². The minimum atomic E-state index is -0.245. The molecule has 1 aliphatic heterocycles. The van der Waals surface area contributed by atoms with E-state index in [0.717, 1.165) is 11.3 Å². The lowest BCUT2D eigenvalue weighted by Crippen LogP contribution is -2.22. The second-order valence-electron chi connectivity index (χ2n) is 3.34. The molecule has 1 aromatic rings. The Hall–Kier alpha value is -1.35. The van der Waals surface area contributed by atoms with E-state index < -0.39 is 0 Å². The van der Waals surface area contributed by atoms with Gasteiger partial charge in [0.2, 0.25) is 6.29 Å². The van der Waals surface area contributed by atoms with Crippen molar-refractivity contribution in [3.05, 3.63) is 35.9 Å². The third-order valence-electron chi connectivity index (χ3n) is 2.40. The molecule has 0 saturated heterocycles. The maximum absolute atomic E-state index is 5.15. The number of methoxy groups -OCH3 is 1. The first-order chi connectivity index (χ1) is 6.83. The van der Waals surface area contributed by atoms with E-state index in [0.29, 0.717) is 0 Å². The number of hydrogen-bond acceptors (Lipinski definition) is 3. The first-order valence-corrected chi connectivity index (χ1v) is 4.65. The number of benzene rings is 1. The van der Waals surface area contributed by atoms with Crippen molar-refractivity contribution in [2.45, 2.75) is 13.2 Å². The Kier molecular flexibility index (Phi) is 2.50. The number of oxime groups is 1. The normalized spacial score (nSPS) is 25.7. The molecule has 0 N–H and O–H groups in total. The third-order valence-corrected chi connectivity index (χ3v) is 2.40. The largest absolute Gasteiger partial charge is 0.363 e. The molecule has 2 rings (SSSR count). The SMILES string of the molecule is COC1ON=C(c2ccccc2)C1C. The highest BCUT2D eigenvalue weighted by molar-refractivity contribution is 6.02. The van der Waals surface area contributed by atoms with Gasteiger partial charge in [-0.05, 0) is 5.56 Å². The quantitative estimate of drug-likeness (QED) is 0.716. The molecule has 74 valence electrons. The summed E-state index contributed by atoms with van der Waals surface area (Å²) in [6.07, 6.45) is -0.245. The Balaban J connectivity index is 2.22. The molecule has 0 amide bonds. The smallest absolute Gasteiger partial charge is 0.234 e. The van der Waals surface area contributed by atoms with Crippen molar-refractivity contribution in [2.24, 2.45) is 11.1 Å². The highest BCUT2D eigenvalue weighted by atomic mass is 16.8. The van der Waals surface area contributed by atoms with Crippen LogP contribution in [0.5, 0.6) is 0 Å². The van der Waals surface area contributed by atoms with E-state index in [4.69, 9.17) is 9.57 Å². The van der Waals surface area contributed by atoms with Crippen LogP contribution in [0.4, 0.5) is 0 Å². The fourth-order valence-corrected chi connectivity index (χ4v) is 1.58. The van der Waals surface area contributed by atoms with E-state index >= 15 is 0 Å². The maximum Gasteiger partial charge on any atom is 0.234 e. The lowest BCUT2D eigenvalue weighted by molar-refractivity contribution is -0.121. The van der Waals surface area contributed by atoms with Crippen LogP contribution < -0.4 is 0 Å². The number of nitrogens with zero attached hydrogens (tertiary/aromatic N) is 1. The lowest BCUT2D eigenvalue weighted by atomic mass is 9.99. The summed E-state index contributed by atoms with van der Waals surface area (Å²) < 4.78 is 5.14. The van der Waals surface area contributed by atoms with Crippen molar-refractivity contribution in [2.75, 3.05) is 7.11 Å². The van der Waals surface area contributed by atoms with Gasteiger partial charge in [0.05, 0.1) is 11.6 Å². The topological polar surface area (TPSA) is 30.8 Å². The lowest BCUT2D eigenvalue weighted by Gasteiger charge is -2.11. The second-order valence-corrected chi connectivity index (χ2v) is 3.34. The van der Waals surface area contributed by atoms with E-state index in [1.165, 1.54) is 0 Å². The van der Waals surface area contributed by atoms with Crippen LogP contribution in [0.15, 0.2) is 35.5 Å². The van der Waals surface area contributed by atoms with Gasteiger partial charge in [-0.3, -0.25) is 0 Å². The third kappa shape index (κ3) is 1.51. The molecule has 0 spiro atoms. The van der Waals surface area contributed by atoms with Crippen LogP contribution in [-0.4, -0.2) is 19.1 Å². The molecule has 0 aromatic heterocycles. The summed E-state index contributed by atoms with van der Waals surface area (Å²) in [4.78, 5) is 5.15. The molecule has 0 aliphatic carbocycles. The zero-order valence-corrected chi connectivity index (χ0v) is 8.31. The van der Waals surface area contributed by atoms with Crippen LogP contribution in [0.2, 0.25) is 0 Å². The molecule has 1 aliphatic rings. The van der Waals surface area contributed by atoms with Gasteiger partial charge in [-0.2, -0.15) is 0 Å². The minimum absolute atomic E-state index is 0.183. The summed E-state index contributed by atoms with van der Waals surface area (Å²) in [6, 6.07) is 10.0. The summed E-state index contributed by atoms with van der Waals surface area (Å²) in [5, 5.41) is 4.03. The molecule has 3 heteroatoms. The number of ether oxygens (including phenoxy) is 1. The monoisotopic (exact) mass is 191 g/mol. The molecule has 1 heterocycles. The van der Waals surface area contributed by atoms with E-state index in [1.807, 2.05) is 37.3 Å². The Labute approximate surface area is 83.3 Å². The summed E-state index contributed by atoms with van der Waals surface area (Å²) in [5.74, 6) is 0.183. The number of hydrogen-bond donors (Lipinski definition) is 0. The molecule has 0 radical (unpaired) electrons. The molecular formula is C11H13NO2. The zero-order valence-electron chi connectivity index (χ0n) is 8.31. The molecule has 0 bridgehead atoms. The molecule has 0 fully saturated rings. The van der Waals surface area contributed by atoms with Crippen molar-refractivity contribution in [3.8, 4) is 0 Å². The summed E-state index contributed by atoms with van der Waals surface area (Å²) in [7, 11) is 1.63. The Morgan fingerprint density at radius 1 is 1.29 bits per heavy atom. The minimum Gasteiger partial charge on any atom is -0.363 e. The first-order valence-electron chi connectivity index (χ1n) is 4.65. The molecular weight excluding hydrogens is 178 g/mol. The van der Waals surface area contributed by atoms with E-state index in [-0.39, 0.29) is 12.2 Å². The number of rotatable bonds is 2. The van der Waals surface area contributed by atoms with Gasteiger partial charge in [0, 0.05) is 7.11 Å². The molecule has 3 nitrogen and oxygen atoms in total. The average Bonchev–Trinajstić information content (AvgIpc) is 2.61. The van der Waals surface area contributed by atoms with Crippen molar-refractivity contribution in [1.29, 1.82) is 0 Å². The zero-order chi connectivity index (χ0) is 9.97. The van der Waals surface area contributed by atoms with Gasteiger partial charge in [-0.25, -0.2) is 0 Å². The van der Waals surface area contributed by atoms with Crippen LogP contribution in [0, 0.1) is 5.92 Å². The molecule has 14 heavy (non-hydrogen) atoms. The summed E-state index contributed by atoms with van der Waals surface area (Å²) in [5.41, 5.74) is 2.05. The fraction of sp³-hybridized carbons (Fsp3) is 0.364. The second kappa shape index (κ2) is 3.80. The predicted octanol–water partition coefficient (Wildman–Crippen LogP) is 2.03. The van der Waals surface area contributed by atoms with Crippen molar-refractivity contribution >= 4 is 5.71 Å². The van der Waals surface area contributed by atoms with Gasteiger partial charge in [-0.15, -0.1) is 0 Å². The molecule has 2 unspecified atom stereocenters. The Morgan fingerprint density at radius 2 is 2.00 bits per heavy atom. The Bertz CT molecular complexity index is 334. The van der Waals surface area contributed by atoms with Gasteiger partial charge in [0.1, 0.15) is 0 Å². The van der Waals surface area contributed by atoms with Crippen molar-refractivity contribution < 1.29 is 9.57 Å². The van der Waals surface area contributed by atoms with E-state index in [9.17, 15) is 0 Å². The highest BCUT2D eigenvalue weighted by Crippen LogP contribution is 2.22.